The summed E-state index contributed by atoms with van der Waals surface area (Å²) in [6.07, 6.45) is -0.706. The number of aliphatic carboxylic acids is 1. The van der Waals surface area contributed by atoms with Crippen LogP contribution in [-0.2, 0) is 9.53 Å². The number of carbonyl (C=O) groups is 2. The second-order valence-corrected chi connectivity index (χ2v) is 5.40. The Morgan fingerprint density at radius 3 is 2.25 bits per heavy atom. The second-order valence-electron chi connectivity index (χ2n) is 5.40. The summed E-state index contributed by atoms with van der Waals surface area (Å²) in [5, 5.41) is 11.5. The fourth-order valence-corrected chi connectivity index (χ4v) is 1.62. The van der Waals surface area contributed by atoms with E-state index < -0.39 is 29.7 Å². The second kappa shape index (κ2) is 6.38. The van der Waals surface area contributed by atoms with Crippen LogP contribution in [0.15, 0.2) is 30.3 Å². The molecule has 0 saturated carbocycles. The highest BCUT2D eigenvalue weighted by molar-refractivity contribution is 5.76. The molecule has 1 aromatic carbocycles. The van der Waals surface area contributed by atoms with Crippen molar-refractivity contribution >= 4 is 12.1 Å². The number of rotatable bonds is 4. The lowest BCUT2D eigenvalue weighted by atomic mass is 10.0. The van der Waals surface area contributed by atoms with Gasteiger partial charge in [-0.3, -0.25) is 4.79 Å². The van der Waals surface area contributed by atoms with Crippen molar-refractivity contribution in [1.29, 1.82) is 0 Å². The van der Waals surface area contributed by atoms with E-state index >= 15 is 0 Å². The molecule has 0 saturated heterocycles. The number of carboxylic acids is 1. The first kappa shape index (κ1) is 16.0. The fraction of sp³-hybridized carbons (Fsp3) is 0.429. The van der Waals surface area contributed by atoms with Crippen LogP contribution in [-0.4, -0.2) is 28.8 Å². The Kier molecular flexibility index (Phi) is 5.10. The van der Waals surface area contributed by atoms with Crippen LogP contribution in [0.5, 0.6) is 0 Å². The van der Waals surface area contributed by atoms with Gasteiger partial charge in [-0.25, -0.2) is 4.79 Å². The smallest absolute Gasteiger partial charge is 0.408 e. The maximum absolute atomic E-state index is 11.8. The van der Waals surface area contributed by atoms with Gasteiger partial charge in [0.1, 0.15) is 11.6 Å². The van der Waals surface area contributed by atoms with E-state index in [0.29, 0.717) is 5.56 Å². The number of carbonyl (C=O) groups excluding carboxylic acids is 1. The number of hydrogen-bond donors (Lipinski definition) is 3. The number of nitrogens with two attached hydrogens (primary N) is 1. The molecule has 0 aliphatic carbocycles. The monoisotopic (exact) mass is 280 g/mol. The Balaban J connectivity index is 2.90. The maximum atomic E-state index is 11.8. The molecule has 6 heteroatoms. The van der Waals surface area contributed by atoms with Crippen molar-refractivity contribution in [2.45, 2.75) is 38.5 Å². The number of hydrogen-bond acceptors (Lipinski definition) is 4. The van der Waals surface area contributed by atoms with Gasteiger partial charge in [-0.05, 0) is 26.3 Å². The van der Waals surface area contributed by atoms with Crippen molar-refractivity contribution < 1.29 is 19.4 Å². The summed E-state index contributed by atoms with van der Waals surface area (Å²) in [6, 6.07) is 6.56. The van der Waals surface area contributed by atoms with E-state index in [1.54, 1.807) is 51.1 Å². The van der Waals surface area contributed by atoms with Crippen LogP contribution in [0.25, 0.3) is 0 Å². The van der Waals surface area contributed by atoms with E-state index in [-0.39, 0.29) is 0 Å². The van der Waals surface area contributed by atoms with Crippen molar-refractivity contribution in [2.24, 2.45) is 5.73 Å². The molecule has 0 heterocycles. The number of alkyl carbamates (subject to hydrolysis) is 1. The minimum Gasteiger partial charge on any atom is -0.480 e. The zero-order valence-electron chi connectivity index (χ0n) is 11.8. The Morgan fingerprint density at radius 1 is 1.25 bits per heavy atom. The normalized spacial score (nSPS) is 14.2. The lowest BCUT2D eigenvalue weighted by Crippen LogP contribution is -2.46. The van der Waals surface area contributed by atoms with Crippen LogP contribution < -0.4 is 11.1 Å². The molecule has 1 amide bonds. The highest BCUT2D eigenvalue weighted by Crippen LogP contribution is 2.17. The molecular formula is C14H20N2O4. The predicted molar refractivity (Wildman–Crippen MR) is 74.2 cm³/mol. The number of ether oxygens (including phenoxy) is 1. The summed E-state index contributed by atoms with van der Waals surface area (Å²) < 4.78 is 5.12. The Morgan fingerprint density at radius 2 is 1.80 bits per heavy atom. The van der Waals surface area contributed by atoms with Crippen molar-refractivity contribution in [2.75, 3.05) is 0 Å². The Labute approximate surface area is 117 Å². The number of amides is 1. The molecule has 1 aromatic rings. The lowest BCUT2D eigenvalue weighted by molar-refractivity contribution is -0.139. The summed E-state index contributed by atoms with van der Waals surface area (Å²) in [7, 11) is 0. The van der Waals surface area contributed by atoms with Crippen LogP contribution in [0.1, 0.15) is 32.4 Å². The summed E-state index contributed by atoms with van der Waals surface area (Å²) in [5.41, 5.74) is 5.57. The molecule has 0 fully saturated rings. The minimum absolute atomic E-state index is 0.605. The lowest BCUT2D eigenvalue weighted by Gasteiger charge is -2.25. The molecular weight excluding hydrogens is 260 g/mol. The van der Waals surface area contributed by atoms with E-state index in [1.807, 2.05) is 0 Å². The topological polar surface area (TPSA) is 102 Å². The van der Waals surface area contributed by atoms with Crippen molar-refractivity contribution in [3.63, 3.8) is 0 Å². The van der Waals surface area contributed by atoms with E-state index in [1.165, 1.54) is 0 Å². The third-order valence-electron chi connectivity index (χ3n) is 2.48. The number of nitrogens with one attached hydrogen (secondary N) is 1. The third-order valence-corrected chi connectivity index (χ3v) is 2.48. The highest BCUT2D eigenvalue weighted by Gasteiger charge is 2.29. The SMILES string of the molecule is CC(C)(C)OC(=O)NC(c1ccccc1)C(N)C(=O)O. The van der Waals surface area contributed by atoms with Gasteiger partial charge >= 0.3 is 12.1 Å². The molecule has 0 spiro atoms. The van der Waals surface area contributed by atoms with Crippen LogP contribution in [0.4, 0.5) is 4.79 Å². The van der Waals surface area contributed by atoms with Gasteiger partial charge in [-0.15, -0.1) is 0 Å². The van der Waals surface area contributed by atoms with Crippen LogP contribution in [0.3, 0.4) is 0 Å². The van der Waals surface area contributed by atoms with Crippen LogP contribution >= 0.6 is 0 Å². The molecule has 6 nitrogen and oxygen atoms in total. The molecule has 0 aliphatic rings. The zero-order chi connectivity index (χ0) is 15.3. The predicted octanol–water partition coefficient (Wildman–Crippen LogP) is 1.66. The van der Waals surface area contributed by atoms with Gasteiger partial charge in [0, 0.05) is 0 Å². The van der Waals surface area contributed by atoms with Gasteiger partial charge in [-0.2, -0.15) is 0 Å². The largest absolute Gasteiger partial charge is 0.480 e. The summed E-state index contributed by atoms with van der Waals surface area (Å²) in [5.74, 6) is -1.20. The van der Waals surface area contributed by atoms with Gasteiger partial charge in [0.15, 0.2) is 0 Å². The first-order valence-electron chi connectivity index (χ1n) is 6.23. The van der Waals surface area contributed by atoms with Gasteiger partial charge in [0.05, 0.1) is 6.04 Å². The number of benzene rings is 1. The maximum Gasteiger partial charge on any atom is 0.408 e. The summed E-state index contributed by atoms with van der Waals surface area (Å²) >= 11 is 0. The summed E-state index contributed by atoms with van der Waals surface area (Å²) in [6.45, 7) is 5.17. The molecule has 0 aliphatic heterocycles. The molecule has 1 rings (SSSR count). The third kappa shape index (κ3) is 4.89. The van der Waals surface area contributed by atoms with Gasteiger partial charge in [0.2, 0.25) is 0 Å². The van der Waals surface area contributed by atoms with Crippen molar-refractivity contribution in [3.05, 3.63) is 35.9 Å². The van der Waals surface area contributed by atoms with E-state index in [4.69, 9.17) is 15.6 Å². The fourth-order valence-electron chi connectivity index (χ4n) is 1.62. The minimum atomic E-state index is -1.26. The van der Waals surface area contributed by atoms with Crippen LogP contribution in [0.2, 0.25) is 0 Å². The molecule has 20 heavy (non-hydrogen) atoms. The Hall–Kier alpha value is -2.08. The molecule has 2 unspecified atom stereocenters. The first-order valence-corrected chi connectivity index (χ1v) is 6.23. The van der Waals surface area contributed by atoms with E-state index in [0.717, 1.165) is 0 Å². The molecule has 0 aromatic heterocycles. The van der Waals surface area contributed by atoms with Crippen molar-refractivity contribution in [3.8, 4) is 0 Å². The van der Waals surface area contributed by atoms with Gasteiger partial charge in [0.25, 0.3) is 0 Å². The van der Waals surface area contributed by atoms with Crippen LogP contribution in [0, 0.1) is 0 Å². The quantitative estimate of drug-likeness (QED) is 0.778. The average molecular weight is 280 g/mol. The molecule has 110 valence electrons. The standard InChI is InChI=1S/C14H20N2O4/c1-14(2,3)20-13(19)16-11(10(15)12(17)18)9-7-5-4-6-8-9/h4-8,10-11H,15H2,1-3H3,(H,16,19)(H,17,18). The molecule has 0 radical (unpaired) electrons. The van der Waals surface area contributed by atoms with Gasteiger partial charge in [-0.1, -0.05) is 30.3 Å². The van der Waals surface area contributed by atoms with Crippen molar-refractivity contribution in [1.82, 2.24) is 5.32 Å². The van der Waals surface area contributed by atoms with Gasteiger partial charge < -0.3 is 20.9 Å². The molecule has 4 N–H and O–H groups in total. The highest BCUT2D eigenvalue weighted by atomic mass is 16.6. The number of carboxylic acid groups (broad SMARTS) is 1. The Bertz CT molecular complexity index is 468. The van der Waals surface area contributed by atoms with E-state index in [9.17, 15) is 9.59 Å². The molecule has 0 bridgehead atoms. The average Bonchev–Trinajstić information content (AvgIpc) is 2.34. The zero-order valence-corrected chi connectivity index (χ0v) is 11.8. The molecule has 2 atom stereocenters. The van der Waals surface area contributed by atoms with E-state index in [2.05, 4.69) is 5.32 Å². The summed E-state index contributed by atoms with van der Waals surface area (Å²) in [4.78, 5) is 22.9. The first-order chi connectivity index (χ1) is 9.20.